The van der Waals surface area contributed by atoms with E-state index in [4.69, 9.17) is 4.74 Å². The summed E-state index contributed by atoms with van der Waals surface area (Å²) in [6.45, 7) is 3.86. The van der Waals surface area contributed by atoms with Crippen LogP contribution in [0.1, 0.15) is 68.4 Å². The van der Waals surface area contributed by atoms with E-state index in [-0.39, 0.29) is 24.6 Å². The minimum Gasteiger partial charge on any atom is -0.432 e. The number of allylic oxidation sites excluding steroid dienone is 2. The van der Waals surface area contributed by atoms with Crippen LogP contribution in [-0.4, -0.2) is 6.11 Å². The molecule has 2 fully saturated rings. The molecule has 0 aromatic heterocycles. The Labute approximate surface area is 229 Å². The molecule has 4 rings (SSSR count). The average molecular weight is 569 g/mol. The second-order valence-corrected chi connectivity index (χ2v) is 10.5. The Morgan fingerprint density at radius 1 is 0.825 bits per heavy atom. The summed E-state index contributed by atoms with van der Waals surface area (Å²) < 4.78 is 104. The SMILES string of the molecule is C=CC1CCC(c2ccc(C=CC3CCC(C(F)(F)Oc4ccc(OC(F)=C(F)F)c(F)c4)CC3)c(F)c2)CC1. The highest BCUT2D eigenvalue weighted by molar-refractivity contribution is 5.51. The Bertz CT molecular complexity index is 1240. The number of hydrogen-bond donors (Lipinski definition) is 0. The van der Waals surface area contributed by atoms with Gasteiger partial charge in [-0.25, -0.2) is 8.78 Å². The lowest BCUT2D eigenvalue weighted by Gasteiger charge is -2.32. The van der Waals surface area contributed by atoms with Crippen LogP contribution in [0, 0.1) is 29.4 Å². The van der Waals surface area contributed by atoms with Crippen LogP contribution in [0.3, 0.4) is 0 Å². The van der Waals surface area contributed by atoms with Gasteiger partial charge in [-0.15, -0.1) is 6.58 Å². The fourth-order valence-electron chi connectivity index (χ4n) is 5.51. The maximum Gasteiger partial charge on any atom is 0.400 e. The zero-order chi connectivity index (χ0) is 28.9. The molecule has 2 aliphatic carbocycles. The lowest BCUT2D eigenvalue weighted by Crippen LogP contribution is -2.37. The Morgan fingerprint density at radius 3 is 2.10 bits per heavy atom. The first-order valence-electron chi connectivity index (χ1n) is 13.4. The summed E-state index contributed by atoms with van der Waals surface area (Å²) in [6.07, 6.45) is 4.43. The molecular formula is C31H31F7O2. The fraction of sp³-hybridized carbons (Fsp3) is 0.419. The molecule has 2 saturated carbocycles. The van der Waals surface area contributed by atoms with E-state index in [1.54, 1.807) is 18.2 Å². The van der Waals surface area contributed by atoms with Crippen LogP contribution >= 0.6 is 0 Å². The van der Waals surface area contributed by atoms with E-state index in [1.807, 2.05) is 18.2 Å². The monoisotopic (exact) mass is 568 g/mol. The second-order valence-electron chi connectivity index (χ2n) is 10.5. The van der Waals surface area contributed by atoms with E-state index in [2.05, 4.69) is 11.3 Å². The van der Waals surface area contributed by atoms with Crippen molar-refractivity contribution < 1.29 is 40.2 Å². The molecule has 0 radical (unpaired) electrons. The summed E-state index contributed by atoms with van der Waals surface area (Å²) in [4.78, 5) is 0. The van der Waals surface area contributed by atoms with Crippen LogP contribution in [0.5, 0.6) is 11.5 Å². The van der Waals surface area contributed by atoms with Gasteiger partial charge in [-0.3, -0.25) is 0 Å². The van der Waals surface area contributed by atoms with Crippen molar-refractivity contribution in [1.82, 2.24) is 0 Å². The molecule has 0 N–H and O–H groups in total. The smallest absolute Gasteiger partial charge is 0.400 e. The fourth-order valence-corrected chi connectivity index (χ4v) is 5.51. The molecule has 0 aliphatic heterocycles. The van der Waals surface area contributed by atoms with E-state index in [1.165, 1.54) is 0 Å². The van der Waals surface area contributed by atoms with Gasteiger partial charge < -0.3 is 9.47 Å². The largest absolute Gasteiger partial charge is 0.432 e. The van der Waals surface area contributed by atoms with Crippen LogP contribution < -0.4 is 9.47 Å². The summed E-state index contributed by atoms with van der Waals surface area (Å²) in [5.74, 6) is -3.34. The van der Waals surface area contributed by atoms with Gasteiger partial charge in [-0.1, -0.05) is 30.4 Å². The topological polar surface area (TPSA) is 18.5 Å². The van der Waals surface area contributed by atoms with E-state index < -0.39 is 41.4 Å². The first-order valence-corrected chi connectivity index (χ1v) is 13.4. The summed E-state index contributed by atoms with van der Waals surface area (Å²) in [5.41, 5.74) is 1.46. The number of alkyl halides is 2. The van der Waals surface area contributed by atoms with Crippen LogP contribution in [0.2, 0.25) is 0 Å². The molecule has 2 aromatic carbocycles. The predicted octanol–water partition coefficient (Wildman–Crippen LogP) is 10.3. The molecule has 2 aliphatic rings. The molecule has 9 heteroatoms. The van der Waals surface area contributed by atoms with Gasteiger partial charge in [0.2, 0.25) is 0 Å². The van der Waals surface area contributed by atoms with Crippen molar-refractivity contribution in [2.45, 2.75) is 63.4 Å². The van der Waals surface area contributed by atoms with E-state index >= 15 is 0 Å². The Morgan fingerprint density at radius 2 is 1.50 bits per heavy atom. The summed E-state index contributed by atoms with van der Waals surface area (Å²) >= 11 is 0. The van der Waals surface area contributed by atoms with Crippen molar-refractivity contribution in [3.8, 4) is 11.5 Å². The molecule has 216 valence electrons. The summed E-state index contributed by atoms with van der Waals surface area (Å²) in [6, 6.07) is 5.17. The van der Waals surface area contributed by atoms with Gasteiger partial charge in [0.25, 0.3) is 0 Å². The van der Waals surface area contributed by atoms with Crippen molar-refractivity contribution in [1.29, 1.82) is 0 Å². The minimum atomic E-state index is -3.62. The third-order valence-electron chi connectivity index (χ3n) is 7.90. The number of benzene rings is 2. The van der Waals surface area contributed by atoms with Gasteiger partial charge in [0.05, 0.1) is 5.92 Å². The molecule has 2 aromatic rings. The lowest BCUT2D eigenvalue weighted by atomic mass is 9.78. The van der Waals surface area contributed by atoms with Crippen molar-refractivity contribution in [2.75, 3.05) is 0 Å². The maximum absolute atomic E-state index is 14.8. The number of ether oxygens (including phenoxy) is 2. The summed E-state index contributed by atoms with van der Waals surface area (Å²) in [7, 11) is 0. The Kier molecular flexibility index (Phi) is 9.64. The van der Waals surface area contributed by atoms with Crippen molar-refractivity contribution >= 4 is 6.08 Å². The van der Waals surface area contributed by atoms with Gasteiger partial charge in [0, 0.05) is 11.6 Å². The summed E-state index contributed by atoms with van der Waals surface area (Å²) in [5, 5.41) is 0. The predicted molar refractivity (Wildman–Crippen MR) is 139 cm³/mol. The van der Waals surface area contributed by atoms with Crippen LogP contribution in [0.15, 0.2) is 67.2 Å². The number of halogens is 7. The second kappa shape index (κ2) is 13.0. The van der Waals surface area contributed by atoms with E-state index in [0.717, 1.165) is 43.4 Å². The highest BCUT2D eigenvalue weighted by Gasteiger charge is 2.43. The van der Waals surface area contributed by atoms with Gasteiger partial charge in [-0.05, 0) is 92.9 Å². The van der Waals surface area contributed by atoms with Crippen molar-refractivity contribution in [3.63, 3.8) is 0 Å². The number of rotatable bonds is 9. The van der Waals surface area contributed by atoms with Crippen LogP contribution in [0.4, 0.5) is 30.7 Å². The normalized spacial score (nSPS) is 23.6. The third-order valence-corrected chi connectivity index (χ3v) is 7.90. The Balaban J connectivity index is 1.29. The van der Waals surface area contributed by atoms with Gasteiger partial charge in [0.15, 0.2) is 11.6 Å². The maximum atomic E-state index is 14.8. The molecule has 0 atom stereocenters. The quantitative estimate of drug-likeness (QED) is 0.170. The standard InChI is InChI=1S/C31H31F7O2/c1-2-19-3-8-21(9-4-19)23-12-11-22(26(32)17-23)10-5-20-6-13-24(14-7-20)31(37,38)40-25-15-16-28(27(33)18-25)39-30(36)29(34)35/h2,5,10-12,15-21,24H,1,3-4,6-9,13-14H2. The highest BCUT2D eigenvalue weighted by Crippen LogP contribution is 2.41. The van der Waals surface area contributed by atoms with Crippen molar-refractivity contribution in [3.05, 3.63) is 90.0 Å². The molecule has 0 unspecified atom stereocenters. The molecular weight excluding hydrogens is 537 g/mol. The first kappa shape index (κ1) is 29.7. The minimum absolute atomic E-state index is 0.00645. The molecule has 0 heterocycles. The Hall–Kier alpha value is -3.23. The van der Waals surface area contributed by atoms with Gasteiger partial charge in [0.1, 0.15) is 11.6 Å². The zero-order valence-corrected chi connectivity index (χ0v) is 21.8. The molecule has 0 amide bonds. The molecule has 0 saturated heterocycles. The van der Waals surface area contributed by atoms with Crippen LogP contribution in [0.25, 0.3) is 6.08 Å². The number of hydrogen-bond acceptors (Lipinski definition) is 2. The molecule has 2 nitrogen and oxygen atoms in total. The molecule has 0 bridgehead atoms. The molecule has 40 heavy (non-hydrogen) atoms. The van der Waals surface area contributed by atoms with Crippen molar-refractivity contribution in [2.24, 2.45) is 17.8 Å². The first-order chi connectivity index (χ1) is 19.1. The van der Waals surface area contributed by atoms with E-state index in [0.29, 0.717) is 36.3 Å². The highest BCUT2D eigenvalue weighted by atomic mass is 19.3. The van der Waals surface area contributed by atoms with E-state index in [9.17, 15) is 30.7 Å². The average Bonchev–Trinajstić information content (AvgIpc) is 2.94. The molecule has 0 spiro atoms. The van der Waals surface area contributed by atoms with Gasteiger partial charge >= 0.3 is 18.2 Å². The van der Waals surface area contributed by atoms with Crippen LogP contribution in [-0.2, 0) is 0 Å². The van der Waals surface area contributed by atoms with Gasteiger partial charge in [-0.2, -0.15) is 22.0 Å². The zero-order valence-electron chi connectivity index (χ0n) is 21.8. The lowest BCUT2D eigenvalue weighted by molar-refractivity contribution is -0.223. The third kappa shape index (κ3) is 7.49.